The molecule has 1 aliphatic carbocycles. The largest absolute Gasteiger partial charge is 0.266 e. The third-order valence-corrected chi connectivity index (χ3v) is 5.06. The van der Waals surface area contributed by atoms with Gasteiger partial charge in [0.2, 0.25) is 0 Å². The molecular formula is C10H17N3O2S. The molecule has 6 heteroatoms. The summed E-state index contributed by atoms with van der Waals surface area (Å²) in [7, 11) is -1.72. The van der Waals surface area contributed by atoms with Crippen molar-refractivity contribution in [2.24, 2.45) is 0 Å². The third kappa shape index (κ3) is 2.12. The van der Waals surface area contributed by atoms with Crippen LogP contribution in [0, 0.1) is 0 Å². The van der Waals surface area contributed by atoms with E-state index in [1.165, 1.54) is 23.0 Å². The van der Waals surface area contributed by atoms with Crippen LogP contribution < -0.4 is 0 Å². The SMILES string of the molecule is CN(C1CCCCC1)S(=O)(=O)c1ccn[nH]1. The summed E-state index contributed by atoms with van der Waals surface area (Å²) in [5.41, 5.74) is 0. The molecule has 1 N–H and O–H groups in total. The van der Waals surface area contributed by atoms with Crippen LogP contribution in [-0.4, -0.2) is 36.0 Å². The Balaban J connectivity index is 2.17. The zero-order valence-electron chi connectivity index (χ0n) is 9.39. The van der Waals surface area contributed by atoms with Crippen LogP contribution in [0.2, 0.25) is 0 Å². The van der Waals surface area contributed by atoms with E-state index in [-0.39, 0.29) is 11.1 Å². The van der Waals surface area contributed by atoms with Gasteiger partial charge < -0.3 is 0 Å². The van der Waals surface area contributed by atoms with Crippen molar-refractivity contribution in [2.75, 3.05) is 7.05 Å². The minimum atomic E-state index is -3.38. The summed E-state index contributed by atoms with van der Waals surface area (Å²) in [6.07, 6.45) is 6.84. The van der Waals surface area contributed by atoms with E-state index in [1.807, 2.05) is 0 Å². The molecule has 1 heterocycles. The molecule has 0 radical (unpaired) electrons. The van der Waals surface area contributed by atoms with Gasteiger partial charge in [-0.2, -0.15) is 9.40 Å². The van der Waals surface area contributed by atoms with Crippen LogP contribution in [0.15, 0.2) is 17.3 Å². The van der Waals surface area contributed by atoms with E-state index in [1.54, 1.807) is 7.05 Å². The molecule has 1 saturated carbocycles. The first kappa shape index (κ1) is 11.6. The first-order valence-electron chi connectivity index (χ1n) is 5.60. The van der Waals surface area contributed by atoms with Crippen molar-refractivity contribution in [3.63, 3.8) is 0 Å². The Morgan fingerprint density at radius 1 is 1.38 bits per heavy atom. The zero-order valence-corrected chi connectivity index (χ0v) is 10.2. The fraction of sp³-hybridized carbons (Fsp3) is 0.700. The van der Waals surface area contributed by atoms with Gasteiger partial charge in [0.15, 0.2) is 5.03 Å². The first-order chi connectivity index (χ1) is 7.62. The molecule has 1 aromatic heterocycles. The monoisotopic (exact) mass is 243 g/mol. The zero-order chi connectivity index (χ0) is 11.6. The van der Waals surface area contributed by atoms with E-state index >= 15 is 0 Å². The molecule has 2 rings (SSSR count). The molecule has 16 heavy (non-hydrogen) atoms. The van der Waals surface area contributed by atoms with Crippen LogP contribution in [-0.2, 0) is 10.0 Å². The molecule has 0 bridgehead atoms. The molecular weight excluding hydrogens is 226 g/mol. The lowest BCUT2D eigenvalue weighted by Crippen LogP contribution is -2.38. The number of aromatic amines is 1. The van der Waals surface area contributed by atoms with Gasteiger partial charge in [0.1, 0.15) is 0 Å². The lowest BCUT2D eigenvalue weighted by molar-refractivity contribution is 0.285. The Morgan fingerprint density at radius 2 is 2.06 bits per heavy atom. The maximum atomic E-state index is 12.1. The molecule has 0 unspecified atom stereocenters. The Morgan fingerprint density at radius 3 is 2.62 bits per heavy atom. The maximum Gasteiger partial charge on any atom is 0.259 e. The number of hydrogen-bond donors (Lipinski definition) is 1. The van der Waals surface area contributed by atoms with Crippen molar-refractivity contribution in [3.05, 3.63) is 12.3 Å². The van der Waals surface area contributed by atoms with E-state index in [2.05, 4.69) is 10.2 Å². The summed E-state index contributed by atoms with van der Waals surface area (Å²) in [6.45, 7) is 0. The second-order valence-corrected chi connectivity index (χ2v) is 6.20. The van der Waals surface area contributed by atoms with Crippen molar-refractivity contribution in [3.8, 4) is 0 Å². The van der Waals surface area contributed by atoms with Crippen LogP contribution >= 0.6 is 0 Å². The average molecular weight is 243 g/mol. The highest BCUT2D eigenvalue weighted by molar-refractivity contribution is 7.89. The van der Waals surface area contributed by atoms with E-state index < -0.39 is 10.0 Å². The summed E-state index contributed by atoms with van der Waals surface area (Å²) in [6, 6.07) is 1.64. The van der Waals surface area contributed by atoms with Gasteiger partial charge in [0.05, 0.1) is 6.20 Å². The molecule has 90 valence electrons. The number of sulfonamides is 1. The molecule has 0 aromatic carbocycles. The molecule has 0 atom stereocenters. The predicted molar refractivity (Wildman–Crippen MR) is 60.4 cm³/mol. The van der Waals surface area contributed by atoms with Crippen molar-refractivity contribution in [2.45, 2.75) is 43.2 Å². The average Bonchev–Trinajstić information content (AvgIpc) is 2.83. The third-order valence-electron chi connectivity index (χ3n) is 3.22. The lowest BCUT2D eigenvalue weighted by Gasteiger charge is -2.29. The normalized spacial score (nSPS) is 19.1. The summed E-state index contributed by atoms with van der Waals surface area (Å²) < 4.78 is 25.8. The van der Waals surface area contributed by atoms with Crippen molar-refractivity contribution in [1.82, 2.24) is 14.5 Å². The Labute approximate surface area is 95.9 Å². The highest BCUT2D eigenvalue weighted by Crippen LogP contribution is 2.25. The number of H-pyrrole nitrogens is 1. The molecule has 0 saturated heterocycles. The Bertz CT molecular complexity index is 421. The first-order valence-corrected chi connectivity index (χ1v) is 7.04. The maximum absolute atomic E-state index is 12.1. The van der Waals surface area contributed by atoms with Crippen LogP contribution in [0.1, 0.15) is 32.1 Å². The number of rotatable bonds is 3. The van der Waals surface area contributed by atoms with Gasteiger partial charge in [0.25, 0.3) is 10.0 Å². The Hall–Kier alpha value is -0.880. The molecule has 1 aromatic rings. The molecule has 5 nitrogen and oxygen atoms in total. The highest BCUT2D eigenvalue weighted by atomic mass is 32.2. The minimum absolute atomic E-state index is 0.141. The quantitative estimate of drug-likeness (QED) is 0.871. The molecule has 0 amide bonds. The van der Waals surface area contributed by atoms with E-state index in [4.69, 9.17) is 0 Å². The predicted octanol–water partition coefficient (Wildman–Crippen LogP) is 1.36. The number of nitrogens with one attached hydrogen (secondary N) is 1. The highest BCUT2D eigenvalue weighted by Gasteiger charge is 2.29. The topological polar surface area (TPSA) is 66.1 Å². The summed E-state index contributed by atoms with van der Waals surface area (Å²) in [5, 5.41) is 6.38. The fourth-order valence-corrected chi connectivity index (χ4v) is 3.50. The summed E-state index contributed by atoms with van der Waals surface area (Å²) in [4.78, 5) is 0. The summed E-state index contributed by atoms with van der Waals surface area (Å²) >= 11 is 0. The van der Waals surface area contributed by atoms with Gasteiger partial charge in [-0.15, -0.1) is 0 Å². The van der Waals surface area contributed by atoms with Crippen molar-refractivity contribution in [1.29, 1.82) is 0 Å². The van der Waals surface area contributed by atoms with Gasteiger partial charge in [0, 0.05) is 13.1 Å². The molecule has 1 aliphatic rings. The van der Waals surface area contributed by atoms with E-state index in [0.717, 1.165) is 25.7 Å². The number of nitrogens with zero attached hydrogens (tertiary/aromatic N) is 2. The van der Waals surface area contributed by atoms with Gasteiger partial charge in [-0.1, -0.05) is 19.3 Å². The van der Waals surface area contributed by atoms with Crippen LogP contribution in [0.3, 0.4) is 0 Å². The van der Waals surface area contributed by atoms with Crippen molar-refractivity contribution >= 4 is 10.0 Å². The van der Waals surface area contributed by atoms with Crippen LogP contribution in [0.25, 0.3) is 0 Å². The lowest BCUT2D eigenvalue weighted by atomic mass is 9.96. The standard InChI is InChI=1S/C10H17N3O2S/c1-13(9-5-3-2-4-6-9)16(14,15)10-7-8-11-12-10/h7-9H,2-6H2,1H3,(H,11,12). The molecule has 0 aliphatic heterocycles. The fourth-order valence-electron chi connectivity index (χ4n) is 2.18. The second kappa shape index (κ2) is 4.55. The molecule has 0 spiro atoms. The minimum Gasteiger partial charge on any atom is -0.266 e. The van der Waals surface area contributed by atoms with Gasteiger partial charge in [-0.3, -0.25) is 5.10 Å². The Kier molecular flexibility index (Phi) is 3.30. The van der Waals surface area contributed by atoms with Crippen LogP contribution in [0.4, 0.5) is 0 Å². The van der Waals surface area contributed by atoms with Gasteiger partial charge in [-0.05, 0) is 18.9 Å². The second-order valence-electron chi connectivity index (χ2n) is 4.23. The molecule has 1 fully saturated rings. The van der Waals surface area contributed by atoms with Crippen LogP contribution in [0.5, 0.6) is 0 Å². The number of hydrogen-bond acceptors (Lipinski definition) is 3. The smallest absolute Gasteiger partial charge is 0.259 e. The van der Waals surface area contributed by atoms with Gasteiger partial charge >= 0.3 is 0 Å². The van der Waals surface area contributed by atoms with Gasteiger partial charge in [-0.25, -0.2) is 8.42 Å². The number of aromatic nitrogens is 2. The van der Waals surface area contributed by atoms with Crippen molar-refractivity contribution < 1.29 is 8.42 Å². The van der Waals surface area contributed by atoms with E-state index in [9.17, 15) is 8.42 Å². The van der Waals surface area contributed by atoms with E-state index in [0.29, 0.717) is 0 Å². The summed E-state index contributed by atoms with van der Waals surface area (Å²) in [5.74, 6) is 0.